The number of rotatable bonds is 3. The fraction of sp³-hybridized carbons (Fsp3) is 0.786. The first-order chi connectivity index (χ1) is 8.12. The van der Waals surface area contributed by atoms with Gasteiger partial charge in [-0.15, -0.1) is 11.3 Å². The summed E-state index contributed by atoms with van der Waals surface area (Å²) in [6, 6.07) is 0.525. The number of thiazole rings is 1. The molecule has 0 bridgehead atoms. The van der Waals surface area contributed by atoms with E-state index in [0.717, 1.165) is 0 Å². The van der Waals surface area contributed by atoms with Gasteiger partial charge in [-0.2, -0.15) is 0 Å². The van der Waals surface area contributed by atoms with Crippen molar-refractivity contribution < 1.29 is 0 Å². The summed E-state index contributed by atoms with van der Waals surface area (Å²) in [5.41, 5.74) is 1.32. The van der Waals surface area contributed by atoms with E-state index in [4.69, 9.17) is 4.98 Å². The Morgan fingerprint density at radius 1 is 1.24 bits per heavy atom. The molecule has 0 aliphatic heterocycles. The van der Waals surface area contributed by atoms with Gasteiger partial charge < -0.3 is 5.32 Å². The van der Waals surface area contributed by atoms with Crippen LogP contribution in [0.5, 0.6) is 0 Å². The van der Waals surface area contributed by atoms with Crippen molar-refractivity contribution in [2.45, 2.75) is 70.9 Å². The fourth-order valence-electron chi connectivity index (χ4n) is 2.88. The molecule has 3 heteroatoms. The van der Waals surface area contributed by atoms with Gasteiger partial charge in [0, 0.05) is 17.1 Å². The maximum Gasteiger partial charge on any atom is 0.113 e. The Morgan fingerprint density at radius 3 is 2.35 bits per heavy atom. The van der Waals surface area contributed by atoms with E-state index in [1.54, 1.807) is 0 Å². The van der Waals surface area contributed by atoms with Gasteiger partial charge >= 0.3 is 0 Å². The van der Waals surface area contributed by atoms with E-state index in [0.29, 0.717) is 6.04 Å². The summed E-state index contributed by atoms with van der Waals surface area (Å²) in [7, 11) is 0. The average Bonchev–Trinajstić information content (AvgIpc) is 2.57. The molecule has 0 aromatic carbocycles. The minimum atomic E-state index is 0.156. The molecule has 1 aromatic rings. The number of hydrogen-bond donors (Lipinski definition) is 1. The Bertz CT molecular complexity index is 349. The Labute approximate surface area is 109 Å². The first-order valence-electron chi connectivity index (χ1n) is 6.83. The summed E-state index contributed by atoms with van der Waals surface area (Å²) in [6.45, 7) is 6.58. The standard InChI is InChI=1S/C14H24N2S/c1-11(2)16-14(8-6-4-5-7-9-14)13-15-12(3)10-17-13/h10-11,16H,4-9H2,1-3H3. The number of aromatic nitrogens is 1. The van der Waals surface area contributed by atoms with Gasteiger partial charge in [0.2, 0.25) is 0 Å². The Kier molecular flexibility index (Phi) is 4.21. The van der Waals surface area contributed by atoms with Crippen LogP contribution in [0.15, 0.2) is 5.38 Å². The Hall–Kier alpha value is -0.410. The van der Waals surface area contributed by atoms with E-state index in [1.165, 1.54) is 49.2 Å². The molecule has 1 aliphatic carbocycles. The molecule has 2 rings (SSSR count). The third-order valence-electron chi connectivity index (χ3n) is 3.55. The normalized spacial score (nSPS) is 20.5. The molecule has 0 amide bonds. The average molecular weight is 252 g/mol. The minimum Gasteiger partial charge on any atom is -0.303 e. The minimum absolute atomic E-state index is 0.156. The summed E-state index contributed by atoms with van der Waals surface area (Å²) >= 11 is 1.83. The SMILES string of the molecule is Cc1csc(C2(NC(C)C)CCCCCC2)n1. The van der Waals surface area contributed by atoms with Crippen molar-refractivity contribution in [3.63, 3.8) is 0 Å². The van der Waals surface area contributed by atoms with Crippen LogP contribution in [0.4, 0.5) is 0 Å². The Balaban J connectivity index is 2.27. The first kappa shape index (κ1) is 13.0. The van der Waals surface area contributed by atoms with E-state index in [-0.39, 0.29) is 5.54 Å². The molecule has 1 N–H and O–H groups in total. The summed E-state index contributed by atoms with van der Waals surface area (Å²) < 4.78 is 0. The second-order valence-electron chi connectivity index (χ2n) is 5.59. The zero-order valence-corrected chi connectivity index (χ0v) is 12.1. The van der Waals surface area contributed by atoms with Gasteiger partial charge in [0.15, 0.2) is 0 Å². The highest BCUT2D eigenvalue weighted by Gasteiger charge is 2.35. The molecular weight excluding hydrogens is 228 g/mol. The largest absolute Gasteiger partial charge is 0.303 e. The number of nitrogens with one attached hydrogen (secondary N) is 1. The molecule has 1 heterocycles. The van der Waals surface area contributed by atoms with Gasteiger partial charge in [-0.3, -0.25) is 0 Å². The number of hydrogen-bond acceptors (Lipinski definition) is 3. The van der Waals surface area contributed by atoms with E-state index < -0.39 is 0 Å². The lowest BCUT2D eigenvalue weighted by Gasteiger charge is -2.34. The van der Waals surface area contributed by atoms with Crippen LogP contribution in [0, 0.1) is 6.92 Å². The summed E-state index contributed by atoms with van der Waals surface area (Å²) in [5, 5.41) is 7.31. The van der Waals surface area contributed by atoms with E-state index in [2.05, 4.69) is 31.5 Å². The molecule has 0 atom stereocenters. The molecule has 0 saturated heterocycles. The van der Waals surface area contributed by atoms with Crippen LogP contribution in [0.2, 0.25) is 0 Å². The third-order valence-corrected chi connectivity index (χ3v) is 4.71. The van der Waals surface area contributed by atoms with E-state index in [9.17, 15) is 0 Å². The molecule has 1 aromatic heterocycles. The van der Waals surface area contributed by atoms with Crippen LogP contribution in [0.25, 0.3) is 0 Å². The highest BCUT2D eigenvalue weighted by molar-refractivity contribution is 7.09. The van der Waals surface area contributed by atoms with Crippen molar-refractivity contribution >= 4 is 11.3 Å². The monoisotopic (exact) mass is 252 g/mol. The van der Waals surface area contributed by atoms with Crippen LogP contribution < -0.4 is 5.32 Å². The number of aryl methyl sites for hydroxylation is 1. The summed E-state index contributed by atoms with van der Waals surface area (Å²) in [6.07, 6.45) is 7.92. The van der Waals surface area contributed by atoms with Crippen molar-refractivity contribution in [1.29, 1.82) is 0 Å². The van der Waals surface area contributed by atoms with Gasteiger partial charge in [-0.1, -0.05) is 25.7 Å². The van der Waals surface area contributed by atoms with Crippen LogP contribution in [0.3, 0.4) is 0 Å². The van der Waals surface area contributed by atoms with Crippen LogP contribution in [0.1, 0.15) is 63.1 Å². The van der Waals surface area contributed by atoms with Crippen molar-refractivity contribution in [2.24, 2.45) is 0 Å². The molecule has 0 unspecified atom stereocenters. The molecule has 1 aliphatic rings. The second-order valence-corrected chi connectivity index (χ2v) is 6.45. The summed E-state index contributed by atoms with van der Waals surface area (Å²) in [4.78, 5) is 4.76. The van der Waals surface area contributed by atoms with Gasteiger partial charge in [0.05, 0.1) is 5.54 Å². The molecule has 0 spiro atoms. The third kappa shape index (κ3) is 3.08. The smallest absolute Gasteiger partial charge is 0.113 e. The number of nitrogens with zero attached hydrogens (tertiary/aromatic N) is 1. The predicted octanol–water partition coefficient (Wildman–Crippen LogP) is 4.00. The quantitative estimate of drug-likeness (QED) is 0.823. The van der Waals surface area contributed by atoms with Crippen molar-refractivity contribution in [3.8, 4) is 0 Å². The molecular formula is C14H24N2S. The maximum absolute atomic E-state index is 4.76. The van der Waals surface area contributed by atoms with Crippen molar-refractivity contribution in [2.75, 3.05) is 0 Å². The van der Waals surface area contributed by atoms with Crippen LogP contribution in [-0.2, 0) is 5.54 Å². The molecule has 17 heavy (non-hydrogen) atoms. The van der Waals surface area contributed by atoms with Gasteiger partial charge in [-0.05, 0) is 33.6 Å². The predicted molar refractivity (Wildman–Crippen MR) is 74.5 cm³/mol. The van der Waals surface area contributed by atoms with E-state index >= 15 is 0 Å². The topological polar surface area (TPSA) is 24.9 Å². The highest BCUT2D eigenvalue weighted by atomic mass is 32.1. The molecule has 1 saturated carbocycles. The van der Waals surface area contributed by atoms with Crippen molar-refractivity contribution in [3.05, 3.63) is 16.1 Å². The van der Waals surface area contributed by atoms with Gasteiger partial charge in [0.1, 0.15) is 5.01 Å². The van der Waals surface area contributed by atoms with Crippen molar-refractivity contribution in [1.82, 2.24) is 10.3 Å². The van der Waals surface area contributed by atoms with Gasteiger partial charge in [-0.25, -0.2) is 4.98 Å². The zero-order chi connectivity index (χ0) is 12.3. The van der Waals surface area contributed by atoms with Crippen LogP contribution in [-0.4, -0.2) is 11.0 Å². The molecule has 1 fully saturated rings. The molecule has 2 nitrogen and oxygen atoms in total. The molecule has 0 radical (unpaired) electrons. The Morgan fingerprint density at radius 2 is 1.88 bits per heavy atom. The first-order valence-corrected chi connectivity index (χ1v) is 7.71. The van der Waals surface area contributed by atoms with Crippen LogP contribution >= 0.6 is 11.3 Å². The lowest BCUT2D eigenvalue weighted by molar-refractivity contribution is 0.266. The summed E-state index contributed by atoms with van der Waals surface area (Å²) in [5.74, 6) is 0. The second kappa shape index (κ2) is 5.49. The lowest BCUT2D eigenvalue weighted by atomic mass is 9.90. The highest BCUT2D eigenvalue weighted by Crippen LogP contribution is 2.37. The van der Waals surface area contributed by atoms with E-state index in [1.807, 2.05) is 11.3 Å². The molecule has 96 valence electrons. The zero-order valence-electron chi connectivity index (χ0n) is 11.3. The maximum atomic E-state index is 4.76. The fourth-order valence-corrected chi connectivity index (χ4v) is 3.90. The van der Waals surface area contributed by atoms with Gasteiger partial charge in [0.25, 0.3) is 0 Å². The lowest BCUT2D eigenvalue weighted by Crippen LogP contribution is -2.45.